The van der Waals surface area contributed by atoms with Gasteiger partial charge in [0.15, 0.2) is 0 Å². The SMILES string of the molecule is CCOCCC(=O)NCc1ccc(N)cc1. The first-order chi connectivity index (χ1) is 7.72. The molecule has 3 N–H and O–H groups in total. The largest absolute Gasteiger partial charge is 0.399 e. The number of carbonyl (C=O) groups excluding carboxylic acids is 1. The number of hydrogen-bond donors (Lipinski definition) is 2. The lowest BCUT2D eigenvalue weighted by Gasteiger charge is -2.05. The summed E-state index contributed by atoms with van der Waals surface area (Å²) in [5, 5.41) is 2.82. The Hall–Kier alpha value is -1.55. The van der Waals surface area contributed by atoms with Crippen molar-refractivity contribution in [2.24, 2.45) is 0 Å². The first-order valence-corrected chi connectivity index (χ1v) is 5.41. The van der Waals surface area contributed by atoms with E-state index in [-0.39, 0.29) is 5.91 Å². The van der Waals surface area contributed by atoms with Gasteiger partial charge in [0.05, 0.1) is 6.61 Å². The maximum absolute atomic E-state index is 11.3. The summed E-state index contributed by atoms with van der Waals surface area (Å²) in [5.74, 6) is 0.00488. The van der Waals surface area contributed by atoms with Gasteiger partial charge in [-0.3, -0.25) is 4.79 Å². The lowest BCUT2D eigenvalue weighted by Crippen LogP contribution is -2.23. The second-order valence-electron chi connectivity index (χ2n) is 3.47. The summed E-state index contributed by atoms with van der Waals surface area (Å²) in [4.78, 5) is 11.3. The highest BCUT2D eigenvalue weighted by atomic mass is 16.5. The summed E-state index contributed by atoms with van der Waals surface area (Å²) in [6.07, 6.45) is 0.406. The number of amides is 1. The van der Waals surface area contributed by atoms with E-state index in [1.165, 1.54) is 0 Å². The van der Waals surface area contributed by atoms with Crippen molar-refractivity contribution in [3.05, 3.63) is 29.8 Å². The predicted octanol–water partition coefficient (Wildman–Crippen LogP) is 1.31. The molecule has 0 fully saturated rings. The Kier molecular flexibility index (Phi) is 5.36. The molecule has 0 spiro atoms. The first kappa shape index (κ1) is 12.5. The third-order valence-electron chi connectivity index (χ3n) is 2.15. The average molecular weight is 222 g/mol. The highest BCUT2D eigenvalue weighted by molar-refractivity contribution is 5.75. The van der Waals surface area contributed by atoms with Gasteiger partial charge in [0.2, 0.25) is 5.91 Å². The lowest BCUT2D eigenvalue weighted by atomic mass is 10.2. The Bertz CT molecular complexity index is 322. The third kappa shape index (κ3) is 4.79. The summed E-state index contributed by atoms with van der Waals surface area (Å²) in [6.45, 7) is 3.56. The van der Waals surface area contributed by atoms with E-state index in [4.69, 9.17) is 10.5 Å². The Labute approximate surface area is 95.8 Å². The summed E-state index contributed by atoms with van der Waals surface area (Å²) in [5.41, 5.74) is 7.33. The molecule has 16 heavy (non-hydrogen) atoms. The van der Waals surface area contributed by atoms with Gasteiger partial charge in [-0.2, -0.15) is 0 Å². The van der Waals surface area contributed by atoms with Crippen LogP contribution in [0.4, 0.5) is 5.69 Å². The molecule has 0 atom stereocenters. The molecule has 88 valence electrons. The number of nitrogens with one attached hydrogen (secondary N) is 1. The fourth-order valence-corrected chi connectivity index (χ4v) is 1.23. The smallest absolute Gasteiger partial charge is 0.222 e. The highest BCUT2D eigenvalue weighted by Crippen LogP contribution is 2.04. The van der Waals surface area contributed by atoms with Crippen molar-refractivity contribution in [1.82, 2.24) is 5.32 Å². The predicted molar refractivity (Wildman–Crippen MR) is 63.8 cm³/mol. The summed E-state index contributed by atoms with van der Waals surface area (Å²) >= 11 is 0. The average Bonchev–Trinajstić information content (AvgIpc) is 2.29. The zero-order chi connectivity index (χ0) is 11.8. The molecule has 4 nitrogen and oxygen atoms in total. The van der Waals surface area contributed by atoms with Crippen LogP contribution < -0.4 is 11.1 Å². The van der Waals surface area contributed by atoms with Crippen LogP contribution in [0.3, 0.4) is 0 Å². The molecule has 0 aliphatic rings. The van der Waals surface area contributed by atoms with Gasteiger partial charge in [-0.25, -0.2) is 0 Å². The minimum Gasteiger partial charge on any atom is -0.399 e. The molecule has 0 aromatic heterocycles. The Balaban J connectivity index is 2.23. The van der Waals surface area contributed by atoms with Crippen LogP contribution in [-0.2, 0) is 16.1 Å². The number of anilines is 1. The number of rotatable bonds is 6. The summed E-state index contributed by atoms with van der Waals surface area (Å²) in [7, 11) is 0. The first-order valence-electron chi connectivity index (χ1n) is 5.41. The van der Waals surface area contributed by atoms with Gasteiger partial charge < -0.3 is 15.8 Å². The standard InChI is InChI=1S/C12H18N2O2/c1-2-16-8-7-12(15)14-9-10-3-5-11(13)6-4-10/h3-6H,2,7-9,13H2,1H3,(H,14,15). The van der Waals surface area contributed by atoms with Gasteiger partial charge in [-0.15, -0.1) is 0 Å². The lowest BCUT2D eigenvalue weighted by molar-refractivity contribution is -0.122. The van der Waals surface area contributed by atoms with Crippen LogP contribution in [0.5, 0.6) is 0 Å². The molecular weight excluding hydrogens is 204 g/mol. The zero-order valence-electron chi connectivity index (χ0n) is 9.53. The second-order valence-corrected chi connectivity index (χ2v) is 3.47. The zero-order valence-corrected chi connectivity index (χ0v) is 9.53. The molecule has 4 heteroatoms. The molecule has 0 unspecified atom stereocenters. The van der Waals surface area contributed by atoms with Crippen LogP contribution in [0.1, 0.15) is 18.9 Å². The molecular formula is C12H18N2O2. The molecule has 1 aromatic carbocycles. The van der Waals surface area contributed by atoms with Crippen molar-refractivity contribution in [1.29, 1.82) is 0 Å². The van der Waals surface area contributed by atoms with Crippen LogP contribution in [-0.4, -0.2) is 19.1 Å². The number of carbonyl (C=O) groups is 1. The van der Waals surface area contributed by atoms with Crippen molar-refractivity contribution in [2.45, 2.75) is 19.9 Å². The quantitative estimate of drug-likeness (QED) is 0.563. The van der Waals surface area contributed by atoms with Gasteiger partial charge >= 0.3 is 0 Å². The van der Waals surface area contributed by atoms with Gasteiger partial charge in [0, 0.05) is 25.3 Å². The van der Waals surface area contributed by atoms with Gasteiger partial charge in [-0.1, -0.05) is 12.1 Å². The minimum atomic E-state index is 0.00488. The molecule has 0 saturated carbocycles. The van der Waals surface area contributed by atoms with Crippen molar-refractivity contribution in [3.63, 3.8) is 0 Å². The third-order valence-corrected chi connectivity index (χ3v) is 2.15. The molecule has 1 amide bonds. The van der Waals surface area contributed by atoms with Crippen LogP contribution in [0.25, 0.3) is 0 Å². The molecule has 1 aromatic rings. The fourth-order valence-electron chi connectivity index (χ4n) is 1.23. The normalized spacial score (nSPS) is 10.1. The van der Waals surface area contributed by atoms with Crippen LogP contribution in [0.15, 0.2) is 24.3 Å². The Morgan fingerprint density at radius 3 is 2.69 bits per heavy atom. The Morgan fingerprint density at radius 1 is 1.38 bits per heavy atom. The Morgan fingerprint density at radius 2 is 2.06 bits per heavy atom. The van der Waals surface area contributed by atoms with Crippen molar-refractivity contribution in [3.8, 4) is 0 Å². The van der Waals surface area contributed by atoms with E-state index < -0.39 is 0 Å². The molecule has 1 rings (SSSR count). The van der Waals surface area contributed by atoms with Crippen LogP contribution in [0, 0.1) is 0 Å². The maximum Gasteiger partial charge on any atom is 0.222 e. The fraction of sp³-hybridized carbons (Fsp3) is 0.417. The second kappa shape index (κ2) is 6.85. The number of ether oxygens (including phenoxy) is 1. The van der Waals surface area contributed by atoms with Gasteiger partial charge in [0.1, 0.15) is 0 Å². The number of benzene rings is 1. The molecule has 0 aliphatic carbocycles. The van der Waals surface area contributed by atoms with Gasteiger partial charge in [-0.05, 0) is 24.6 Å². The minimum absolute atomic E-state index is 0.00488. The van der Waals surface area contributed by atoms with E-state index in [1.807, 2.05) is 31.2 Å². The molecule has 0 saturated heterocycles. The number of hydrogen-bond acceptors (Lipinski definition) is 3. The van der Waals surface area contributed by atoms with Crippen LogP contribution in [0.2, 0.25) is 0 Å². The monoisotopic (exact) mass is 222 g/mol. The number of nitrogen functional groups attached to an aromatic ring is 1. The van der Waals surface area contributed by atoms with E-state index in [2.05, 4.69) is 5.32 Å². The van der Waals surface area contributed by atoms with E-state index in [0.717, 1.165) is 11.3 Å². The van der Waals surface area contributed by atoms with Crippen LogP contribution >= 0.6 is 0 Å². The topological polar surface area (TPSA) is 64.3 Å². The molecule has 0 aliphatic heterocycles. The maximum atomic E-state index is 11.3. The summed E-state index contributed by atoms with van der Waals surface area (Å²) < 4.78 is 5.09. The van der Waals surface area contributed by atoms with Crippen molar-refractivity contribution < 1.29 is 9.53 Å². The summed E-state index contributed by atoms with van der Waals surface area (Å²) in [6, 6.07) is 7.44. The highest BCUT2D eigenvalue weighted by Gasteiger charge is 2.00. The number of nitrogens with two attached hydrogens (primary N) is 1. The van der Waals surface area contributed by atoms with E-state index >= 15 is 0 Å². The molecule has 0 radical (unpaired) electrons. The van der Waals surface area contributed by atoms with Crippen molar-refractivity contribution >= 4 is 11.6 Å². The van der Waals surface area contributed by atoms with Gasteiger partial charge in [0.25, 0.3) is 0 Å². The molecule has 0 heterocycles. The van der Waals surface area contributed by atoms with E-state index in [9.17, 15) is 4.79 Å². The van der Waals surface area contributed by atoms with E-state index in [1.54, 1.807) is 0 Å². The molecule has 0 bridgehead atoms. The van der Waals surface area contributed by atoms with Crippen molar-refractivity contribution in [2.75, 3.05) is 18.9 Å². The van der Waals surface area contributed by atoms with E-state index in [0.29, 0.717) is 26.2 Å².